The molecule has 5 nitrogen and oxygen atoms in total. The standard InChI is InChI=1S/C19H16ClN3O2/c1-2-12-3-9-15(10-4-12)22-18(24)16-11-21-17(23-19(16)25)13-5-7-14(20)8-6-13/h3-11H,2H2,1H3,(H,22,24)(H,21,23,25). The van der Waals surface area contributed by atoms with E-state index >= 15 is 0 Å². The highest BCUT2D eigenvalue weighted by Crippen LogP contribution is 2.17. The van der Waals surface area contributed by atoms with Crippen LogP contribution in [0.5, 0.6) is 0 Å². The number of aromatic amines is 1. The van der Waals surface area contributed by atoms with Gasteiger partial charge in [0, 0.05) is 22.5 Å². The molecule has 0 fully saturated rings. The molecule has 2 N–H and O–H groups in total. The Kier molecular flexibility index (Phi) is 4.95. The van der Waals surface area contributed by atoms with Gasteiger partial charge in [0.25, 0.3) is 11.5 Å². The molecule has 0 saturated heterocycles. The molecule has 126 valence electrons. The Morgan fingerprint density at radius 2 is 1.80 bits per heavy atom. The summed E-state index contributed by atoms with van der Waals surface area (Å²) in [6, 6.07) is 14.4. The van der Waals surface area contributed by atoms with Crippen molar-refractivity contribution >= 4 is 23.2 Å². The van der Waals surface area contributed by atoms with Gasteiger partial charge in [-0.3, -0.25) is 9.59 Å². The number of aromatic nitrogens is 2. The molecule has 6 heteroatoms. The highest BCUT2D eigenvalue weighted by atomic mass is 35.5. The number of carbonyl (C=O) groups excluding carboxylic acids is 1. The molecule has 0 aliphatic carbocycles. The van der Waals surface area contributed by atoms with Crippen LogP contribution in [-0.2, 0) is 6.42 Å². The number of anilines is 1. The number of amides is 1. The van der Waals surface area contributed by atoms with Gasteiger partial charge >= 0.3 is 0 Å². The van der Waals surface area contributed by atoms with E-state index in [4.69, 9.17) is 11.6 Å². The van der Waals surface area contributed by atoms with Gasteiger partial charge in [0.15, 0.2) is 0 Å². The Labute approximate surface area is 149 Å². The second-order valence-corrected chi connectivity index (χ2v) is 5.92. The number of rotatable bonds is 4. The van der Waals surface area contributed by atoms with Crippen molar-refractivity contribution in [3.63, 3.8) is 0 Å². The number of hydrogen-bond acceptors (Lipinski definition) is 3. The van der Waals surface area contributed by atoms with Crippen molar-refractivity contribution in [1.29, 1.82) is 0 Å². The Morgan fingerprint density at radius 1 is 1.12 bits per heavy atom. The van der Waals surface area contributed by atoms with Crippen LogP contribution in [0.15, 0.2) is 59.5 Å². The Bertz CT molecular complexity index is 948. The van der Waals surface area contributed by atoms with E-state index in [0.717, 1.165) is 6.42 Å². The third-order valence-electron chi connectivity index (χ3n) is 3.78. The van der Waals surface area contributed by atoms with Gasteiger partial charge in [0.1, 0.15) is 11.4 Å². The third kappa shape index (κ3) is 3.95. The fourth-order valence-electron chi connectivity index (χ4n) is 2.33. The van der Waals surface area contributed by atoms with Gasteiger partial charge in [-0.15, -0.1) is 0 Å². The zero-order valence-corrected chi connectivity index (χ0v) is 14.3. The maximum Gasteiger partial charge on any atom is 0.264 e. The molecule has 1 aromatic heterocycles. The summed E-state index contributed by atoms with van der Waals surface area (Å²) < 4.78 is 0. The summed E-state index contributed by atoms with van der Waals surface area (Å²) in [6.45, 7) is 2.06. The van der Waals surface area contributed by atoms with Crippen LogP contribution in [0.1, 0.15) is 22.8 Å². The van der Waals surface area contributed by atoms with Gasteiger partial charge in [-0.2, -0.15) is 0 Å². The summed E-state index contributed by atoms with van der Waals surface area (Å²) in [7, 11) is 0. The maximum atomic E-state index is 12.3. The van der Waals surface area contributed by atoms with E-state index in [-0.39, 0.29) is 5.56 Å². The summed E-state index contributed by atoms with van der Waals surface area (Å²) in [5.41, 5.74) is 1.97. The number of nitrogens with one attached hydrogen (secondary N) is 2. The molecular formula is C19H16ClN3O2. The van der Waals surface area contributed by atoms with Crippen LogP contribution >= 0.6 is 11.6 Å². The first-order valence-electron chi connectivity index (χ1n) is 7.82. The lowest BCUT2D eigenvalue weighted by Crippen LogP contribution is -2.24. The first-order chi connectivity index (χ1) is 12.1. The van der Waals surface area contributed by atoms with E-state index in [1.807, 2.05) is 12.1 Å². The van der Waals surface area contributed by atoms with Crippen LogP contribution in [0, 0.1) is 0 Å². The van der Waals surface area contributed by atoms with Crippen molar-refractivity contribution < 1.29 is 4.79 Å². The van der Waals surface area contributed by atoms with Gasteiger partial charge in [-0.25, -0.2) is 4.98 Å². The lowest BCUT2D eigenvalue weighted by Gasteiger charge is -2.06. The minimum absolute atomic E-state index is 0.0442. The number of hydrogen-bond donors (Lipinski definition) is 2. The van der Waals surface area contributed by atoms with E-state index in [9.17, 15) is 9.59 Å². The fourth-order valence-corrected chi connectivity index (χ4v) is 2.46. The number of aryl methyl sites for hydroxylation is 1. The predicted molar refractivity (Wildman–Crippen MR) is 99.1 cm³/mol. The molecule has 0 unspecified atom stereocenters. The molecule has 2 aromatic carbocycles. The van der Waals surface area contributed by atoms with E-state index in [1.165, 1.54) is 11.8 Å². The lowest BCUT2D eigenvalue weighted by molar-refractivity contribution is 0.102. The molecule has 0 aliphatic heterocycles. The number of benzene rings is 2. The average molecular weight is 354 g/mol. The Morgan fingerprint density at radius 3 is 2.40 bits per heavy atom. The largest absolute Gasteiger partial charge is 0.322 e. The molecule has 1 heterocycles. The summed E-state index contributed by atoms with van der Waals surface area (Å²) in [5.74, 6) is -0.119. The van der Waals surface area contributed by atoms with Crippen LogP contribution in [0.25, 0.3) is 11.4 Å². The maximum absolute atomic E-state index is 12.3. The zero-order valence-electron chi connectivity index (χ0n) is 13.5. The average Bonchev–Trinajstić information content (AvgIpc) is 2.62. The van der Waals surface area contributed by atoms with Crippen molar-refractivity contribution in [1.82, 2.24) is 9.97 Å². The van der Waals surface area contributed by atoms with Gasteiger partial charge in [0.05, 0.1) is 0 Å². The van der Waals surface area contributed by atoms with Crippen molar-refractivity contribution in [2.45, 2.75) is 13.3 Å². The molecule has 0 saturated carbocycles. The highest BCUT2D eigenvalue weighted by Gasteiger charge is 2.13. The van der Waals surface area contributed by atoms with Crippen molar-refractivity contribution in [3.05, 3.63) is 81.2 Å². The molecule has 3 rings (SSSR count). The van der Waals surface area contributed by atoms with Crippen molar-refractivity contribution in [2.24, 2.45) is 0 Å². The molecule has 0 atom stereocenters. The van der Waals surface area contributed by atoms with Crippen LogP contribution in [0.2, 0.25) is 5.02 Å². The molecular weight excluding hydrogens is 338 g/mol. The Balaban J connectivity index is 1.81. The Hall–Kier alpha value is -2.92. The minimum atomic E-state index is -0.499. The molecule has 0 aliphatic rings. The fraction of sp³-hybridized carbons (Fsp3) is 0.105. The highest BCUT2D eigenvalue weighted by molar-refractivity contribution is 6.30. The molecule has 3 aromatic rings. The predicted octanol–water partition coefficient (Wildman–Crippen LogP) is 3.91. The van der Waals surface area contributed by atoms with E-state index in [0.29, 0.717) is 22.1 Å². The van der Waals surface area contributed by atoms with Crippen LogP contribution in [-0.4, -0.2) is 15.9 Å². The molecule has 0 spiro atoms. The normalized spacial score (nSPS) is 10.5. The van der Waals surface area contributed by atoms with Crippen molar-refractivity contribution in [3.8, 4) is 11.4 Å². The summed E-state index contributed by atoms with van der Waals surface area (Å²) in [5, 5.41) is 3.29. The molecule has 1 amide bonds. The monoisotopic (exact) mass is 353 g/mol. The van der Waals surface area contributed by atoms with E-state index in [2.05, 4.69) is 22.2 Å². The number of halogens is 1. The summed E-state index contributed by atoms with van der Waals surface area (Å²) in [4.78, 5) is 31.3. The molecule has 0 bridgehead atoms. The SMILES string of the molecule is CCc1ccc(NC(=O)c2cnc(-c3ccc(Cl)cc3)[nH]c2=O)cc1. The van der Waals surface area contributed by atoms with Crippen LogP contribution in [0.4, 0.5) is 5.69 Å². The lowest BCUT2D eigenvalue weighted by atomic mass is 10.1. The zero-order chi connectivity index (χ0) is 17.8. The second-order valence-electron chi connectivity index (χ2n) is 5.49. The first-order valence-corrected chi connectivity index (χ1v) is 8.20. The third-order valence-corrected chi connectivity index (χ3v) is 4.03. The van der Waals surface area contributed by atoms with Gasteiger partial charge in [0.2, 0.25) is 0 Å². The summed E-state index contributed by atoms with van der Waals surface area (Å²) >= 11 is 5.85. The van der Waals surface area contributed by atoms with Crippen LogP contribution < -0.4 is 10.9 Å². The topological polar surface area (TPSA) is 74.8 Å². The quantitative estimate of drug-likeness (QED) is 0.746. The molecule has 0 radical (unpaired) electrons. The van der Waals surface area contributed by atoms with E-state index in [1.54, 1.807) is 36.4 Å². The van der Waals surface area contributed by atoms with E-state index < -0.39 is 11.5 Å². The van der Waals surface area contributed by atoms with Gasteiger partial charge in [-0.05, 0) is 48.4 Å². The number of nitrogens with zero attached hydrogens (tertiary/aromatic N) is 1. The van der Waals surface area contributed by atoms with Crippen LogP contribution in [0.3, 0.4) is 0 Å². The van der Waals surface area contributed by atoms with Gasteiger partial charge in [-0.1, -0.05) is 30.7 Å². The number of carbonyl (C=O) groups is 1. The number of H-pyrrole nitrogens is 1. The first kappa shape index (κ1) is 16.9. The minimum Gasteiger partial charge on any atom is -0.322 e. The second kappa shape index (κ2) is 7.32. The molecule has 25 heavy (non-hydrogen) atoms. The smallest absolute Gasteiger partial charge is 0.264 e. The van der Waals surface area contributed by atoms with Crippen molar-refractivity contribution in [2.75, 3.05) is 5.32 Å². The van der Waals surface area contributed by atoms with Gasteiger partial charge < -0.3 is 10.3 Å². The summed E-state index contributed by atoms with van der Waals surface area (Å²) in [6.07, 6.45) is 2.20.